The van der Waals surface area contributed by atoms with Crippen molar-refractivity contribution >= 4 is 12.4 Å². The topological polar surface area (TPSA) is 24.5 Å². The summed E-state index contributed by atoms with van der Waals surface area (Å²) in [5, 5.41) is 3.25. The molecule has 0 atom stereocenters. The van der Waals surface area contributed by atoms with E-state index in [0.29, 0.717) is 12.6 Å². The molecule has 0 saturated carbocycles. The molecule has 1 fully saturated rings. The van der Waals surface area contributed by atoms with E-state index in [1.54, 1.807) is 0 Å². The molecular formula is C10H20ClF3N2O. The number of halogens is 4. The van der Waals surface area contributed by atoms with Crippen LogP contribution in [0.25, 0.3) is 0 Å². The number of hydrogen-bond donors (Lipinski definition) is 1. The average molecular weight is 277 g/mol. The molecule has 0 radical (unpaired) electrons. The average Bonchev–Trinajstić information content (AvgIpc) is 2.24. The summed E-state index contributed by atoms with van der Waals surface area (Å²) >= 11 is 0. The zero-order valence-electron chi connectivity index (χ0n) is 9.92. The number of piperidine rings is 1. The van der Waals surface area contributed by atoms with Crippen molar-refractivity contribution < 1.29 is 17.9 Å². The molecule has 7 heteroatoms. The Kier molecular flexibility index (Phi) is 8.11. The van der Waals surface area contributed by atoms with Crippen molar-refractivity contribution in [2.45, 2.75) is 25.1 Å². The van der Waals surface area contributed by atoms with Crippen LogP contribution in [-0.4, -0.2) is 57.0 Å². The van der Waals surface area contributed by atoms with Crippen LogP contribution in [0.4, 0.5) is 13.2 Å². The quantitative estimate of drug-likeness (QED) is 0.773. The molecule has 0 aromatic carbocycles. The Morgan fingerprint density at radius 1 is 1.29 bits per heavy atom. The fourth-order valence-electron chi connectivity index (χ4n) is 1.83. The lowest BCUT2D eigenvalue weighted by Crippen LogP contribution is -2.42. The molecule has 1 rings (SSSR count). The van der Waals surface area contributed by atoms with Crippen LogP contribution in [0.2, 0.25) is 0 Å². The Hall–Kier alpha value is -0.0400. The zero-order chi connectivity index (χ0) is 12.0. The van der Waals surface area contributed by atoms with Gasteiger partial charge in [-0.2, -0.15) is 13.2 Å². The number of likely N-dealkylation sites (N-methyl/N-ethyl adjacent to an activating group) is 1. The number of rotatable bonds is 5. The van der Waals surface area contributed by atoms with Crippen molar-refractivity contribution in [2.75, 3.05) is 39.9 Å². The fourth-order valence-corrected chi connectivity index (χ4v) is 1.83. The molecule has 0 bridgehead atoms. The Labute approximate surface area is 106 Å². The van der Waals surface area contributed by atoms with E-state index >= 15 is 0 Å². The Morgan fingerprint density at radius 2 is 1.88 bits per heavy atom. The third-order valence-electron chi connectivity index (χ3n) is 2.79. The summed E-state index contributed by atoms with van der Waals surface area (Å²) in [6.45, 7) is 1.52. The first-order valence-electron chi connectivity index (χ1n) is 5.54. The lowest BCUT2D eigenvalue weighted by atomic mass is 10.1. The highest BCUT2D eigenvalue weighted by atomic mass is 35.5. The minimum Gasteiger partial charge on any atom is -0.371 e. The first-order valence-corrected chi connectivity index (χ1v) is 5.54. The number of hydrogen-bond acceptors (Lipinski definition) is 3. The molecule has 3 nitrogen and oxygen atoms in total. The molecule has 0 amide bonds. The standard InChI is InChI=1S/C10H19F3N2O.ClH/c1-15(9-2-4-14-5-3-9)6-7-16-8-10(11,12)13;/h9,14H,2-8H2,1H3;1H. The van der Waals surface area contributed by atoms with Gasteiger partial charge in [-0.25, -0.2) is 0 Å². The van der Waals surface area contributed by atoms with Crippen LogP contribution < -0.4 is 5.32 Å². The maximum absolute atomic E-state index is 11.8. The van der Waals surface area contributed by atoms with E-state index in [0.717, 1.165) is 25.9 Å². The zero-order valence-corrected chi connectivity index (χ0v) is 10.7. The maximum Gasteiger partial charge on any atom is 0.411 e. The Balaban J connectivity index is 0.00000256. The third-order valence-corrected chi connectivity index (χ3v) is 2.79. The lowest BCUT2D eigenvalue weighted by Gasteiger charge is -2.31. The summed E-state index contributed by atoms with van der Waals surface area (Å²) in [5.74, 6) is 0. The van der Waals surface area contributed by atoms with Gasteiger partial charge in [-0.05, 0) is 33.0 Å². The van der Waals surface area contributed by atoms with Gasteiger partial charge in [-0.15, -0.1) is 12.4 Å². The second-order valence-corrected chi connectivity index (χ2v) is 4.13. The molecule has 104 valence electrons. The third kappa shape index (κ3) is 7.81. The van der Waals surface area contributed by atoms with Gasteiger partial charge in [0.2, 0.25) is 0 Å². The van der Waals surface area contributed by atoms with Gasteiger partial charge in [0.05, 0.1) is 6.61 Å². The van der Waals surface area contributed by atoms with Gasteiger partial charge < -0.3 is 15.0 Å². The molecule has 1 heterocycles. The fraction of sp³-hybridized carbons (Fsp3) is 1.00. The summed E-state index contributed by atoms with van der Waals surface area (Å²) in [6.07, 6.45) is -2.11. The van der Waals surface area contributed by atoms with E-state index in [4.69, 9.17) is 0 Å². The molecule has 1 saturated heterocycles. The SMILES string of the molecule is CN(CCOCC(F)(F)F)C1CCNCC1.Cl. The van der Waals surface area contributed by atoms with Crippen LogP contribution in [0.15, 0.2) is 0 Å². The normalized spacial score (nSPS) is 18.2. The number of nitrogens with zero attached hydrogens (tertiary/aromatic N) is 1. The smallest absolute Gasteiger partial charge is 0.371 e. The van der Waals surface area contributed by atoms with Crippen LogP contribution in [0.1, 0.15) is 12.8 Å². The maximum atomic E-state index is 11.8. The van der Waals surface area contributed by atoms with Crippen molar-refractivity contribution in [3.05, 3.63) is 0 Å². The van der Waals surface area contributed by atoms with Crippen molar-refractivity contribution in [3.8, 4) is 0 Å². The molecule has 1 N–H and O–H groups in total. The molecule has 0 aromatic rings. The van der Waals surface area contributed by atoms with Crippen molar-refractivity contribution in [2.24, 2.45) is 0 Å². The summed E-state index contributed by atoms with van der Waals surface area (Å²) in [5.41, 5.74) is 0. The van der Waals surface area contributed by atoms with E-state index in [1.165, 1.54) is 0 Å². The second kappa shape index (κ2) is 8.13. The highest BCUT2D eigenvalue weighted by molar-refractivity contribution is 5.85. The van der Waals surface area contributed by atoms with Crippen molar-refractivity contribution in [3.63, 3.8) is 0 Å². The van der Waals surface area contributed by atoms with E-state index in [9.17, 15) is 13.2 Å². The second-order valence-electron chi connectivity index (χ2n) is 4.13. The summed E-state index contributed by atoms with van der Waals surface area (Å²) < 4.78 is 39.9. The Morgan fingerprint density at radius 3 is 2.41 bits per heavy atom. The molecule has 0 aromatic heterocycles. The molecule has 17 heavy (non-hydrogen) atoms. The van der Waals surface area contributed by atoms with Gasteiger partial charge in [0.25, 0.3) is 0 Å². The number of nitrogens with one attached hydrogen (secondary N) is 1. The van der Waals surface area contributed by atoms with Crippen LogP contribution in [0.3, 0.4) is 0 Å². The lowest BCUT2D eigenvalue weighted by molar-refractivity contribution is -0.174. The molecular weight excluding hydrogens is 257 g/mol. The predicted molar refractivity (Wildman–Crippen MR) is 62.6 cm³/mol. The van der Waals surface area contributed by atoms with E-state index < -0.39 is 12.8 Å². The van der Waals surface area contributed by atoms with Gasteiger partial charge in [0, 0.05) is 12.6 Å². The highest BCUT2D eigenvalue weighted by Gasteiger charge is 2.27. The first-order chi connectivity index (χ1) is 7.49. The summed E-state index contributed by atoms with van der Waals surface area (Å²) in [6, 6.07) is 0.468. The van der Waals surface area contributed by atoms with E-state index in [-0.39, 0.29) is 19.0 Å². The number of ether oxygens (including phenoxy) is 1. The van der Waals surface area contributed by atoms with Crippen molar-refractivity contribution in [1.29, 1.82) is 0 Å². The first kappa shape index (κ1) is 17.0. The highest BCUT2D eigenvalue weighted by Crippen LogP contribution is 2.14. The van der Waals surface area contributed by atoms with Gasteiger partial charge in [0.15, 0.2) is 0 Å². The van der Waals surface area contributed by atoms with Crippen LogP contribution in [0.5, 0.6) is 0 Å². The van der Waals surface area contributed by atoms with Crippen LogP contribution in [-0.2, 0) is 4.74 Å². The molecule has 1 aliphatic heterocycles. The van der Waals surface area contributed by atoms with E-state index in [1.807, 2.05) is 7.05 Å². The van der Waals surface area contributed by atoms with Gasteiger partial charge in [-0.1, -0.05) is 0 Å². The summed E-state index contributed by atoms with van der Waals surface area (Å²) in [4.78, 5) is 2.08. The molecule has 0 unspecified atom stereocenters. The van der Waals surface area contributed by atoms with Crippen LogP contribution in [0, 0.1) is 0 Å². The number of alkyl halides is 3. The Bertz CT molecular complexity index is 198. The largest absolute Gasteiger partial charge is 0.411 e. The summed E-state index contributed by atoms with van der Waals surface area (Å²) in [7, 11) is 1.94. The predicted octanol–water partition coefficient (Wildman–Crippen LogP) is 1.67. The van der Waals surface area contributed by atoms with E-state index in [2.05, 4.69) is 15.0 Å². The molecule has 0 aliphatic carbocycles. The minimum absolute atomic E-state index is 0. The van der Waals surface area contributed by atoms with Gasteiger partial charge >= 0.3 is 6.18 Å². The molecule has 0 spiro atoms. The molecule has 1 aliphatic rings. The van der Waals surface area contributed by atoms with Gasteiger partial charge in [-0.3, -0.25) is 0 Å². The van der Waals surface area contributed by atoms with Crippen LogP contribution >= 0.6 is 12.4 Å². The minimum atomic E-state index is -4.21. The monoisotopic (exact) mass is 276 g/mol. The van der Waals surface area contributed by atoms with Crippen molar-refractivity contribution in [1.82, 2.24) is 10.2 Å². The van der Waals surface area contributed by atoms with Gasteiger partial charge in [0.1, 0.15) is 6.61 Å².